The Morgan fingerprint density at radius 1 is 1.10 bits per heavy atom. The lowest BCUT2D eigenvalue weighted by molar-refractivity contribution is -0.123. The average molecular weight is 405 g/mol. The number of methoxy groups -OCH3 is 1. The molecule has 1 aromatic heterocycles. The van der Waals surface area contributed by atoms with Gasteiger partial charge in [0, 0.05) is 12.1 Å². The van der Waals surface area contributed by atoms with Gasteiger partial charge in [-0.15, -0.1) is 0 Å². The van der Waals surface area contributed by atoms with Crippen LogP contribution < -0.4 is 26.2 Å². The van der Waals surface area contributed by atoms with Crippen LogP contribution in [-0.4, -0.2) is 28.9 Å². The number of nitrogens with one attached hydrogen (secondary N) is 4. The minimum atomic E-state index is -0.985. The monoisotopic (exact) mass is 405 g/mol. The molecule has 152 valence electrons. The highest BCUT2D eigenvalue weighted by Gasteiger charge is 2.35. The molecule has 0 fully saturated rings. The summed E-state index contributed by atoms with van der Waals surface area (Å²) in [5, 5.41) is 8.29. The number of benzene rings is 2. The molecular weight excluding hydrogens is 386 g/mol. The van der Waals surface area contributed by atoms with Crippen LogP contribution in [0.15, 0.2) is 59.4 Å². The summed E-state index contributed by atoms with van der Waals surface area (Å²) in [5.74, 6) is -1.18. The third-order valence-corrected chi connectivity index (χ3v) is 4.67. The number of rotatable bonds is 5. The van der Waals surface area contributed by atoms with Crippen LogP contribution in [-0.2, 0) is 9.59 Å². The highest BCUT2D eigenvalue weighted by Crippen LogP contribution is 2.31. The van der Waals surface area contributed by atoms with Gasteiger partial charge in [-0.05, 0) is 24.3 Å². The van der Waals surface area contributed by atoms with Crippen molar-refractivity contribution in [1.82, 2.24) is 9.97 Å². The fourth-order valence-electron chi connectivity index (χ4n) is 3.28. The van der Waals surface area contributed by atoms with E-state index >= 15 is 0 Å². The summed E-state index contributed by atoms with van der Waals surface area (Å²) in [6.45, 7) is 0. The molecule has 0 aliphatic carbocycles. The van der Waals surface area contributed by atoms with E-state index in [-0.39, 0.29) is 23.8 Å². The summed E-state index contributed by atoms with van der Waals surface area (Å²) in [6.07, 6.45) is -0.162. The minimum Gasteiger partial charge on any atom is -0.495 e. The molecule has 2 amide bonds. The van der Waals surface area contributed by atoms with Gasteiger partial charge >= 0.3 is 0 Å². The van der Waals surface area contributed by atoms with Crippen LogP contribution in [0.5, 0.6) is 5.75 Å². The van der Waals surface area contributed by atoms with E-state index in [9.17, 15) is 14.4 Å². The van der Waals surface area contributed by atoms with Crippen molar-refractivity contribution in [3.05, 3.63) is 70.5 Å². The number of fused-ring (bicyclic) bond motifs is 1. The van der Waals surface area contributed by atoms with Crippen molar-refractivity contribution in [2.24, 2.45) is 0 Å². The molecule has 0 bridgehead atoms. The highest BCUT2D eigenvalue weighted by molar-refractivity contribution is 6.05. The quantitative estimate of drug-likeness (QED) is 0.517. The molecule has 0 spiro atoms. The van der Waals surface area contributed by atoms with Gasteiger partial charge in [-0.1, -0.05) is 30.3 Å². The van der Waals surface area contributed by atoms with Crippen molar-refractivity contribution in [2.75, 3.05) is 23.1 Å². The van der Waals surface area contributed by atoms with Crippen LogP contribution in [0.4, 0.5) is 23.1 Å². The number of amides is 2. The summed E-state index contributed by atoms with van der Waals surface area (Å²) in [5.41, 5.74) is 0.775. The van der Waals surface area contributed by atoms with Crippen LogP contribution in [0.1, 0.15) is 17.9 Å². The molecule has 1 atom stereocenters. The Morgan fingerprint density at radius 2 is 1.83 bits per heavy atom. The van der Waals surface area contributed by atoms with Gasteiger partial charge in [-0.25, -0.2) is 0 Å². The summed E-state index contributed by atoms with van der Waals surface area (Å²) in [6, 6.07) is 16.0. The molecule has 3 aromatic rings. The second-order valence-electron chi connectivity index (χ2n) is 6.66. The second kappa shape index (κ2) is 8.08. The van der Waals surface area contributed by atoms with Crippen molar-refractivity contribution in [2.45, 2.75) is 12.3 Å². The normalized spacial score (nSPS) is 15.0. The molecule has 30 heavy (non-hydrogen) atoms. The second-order valence-corrected chi connectivity index (χ2v) is 6.66. The number of hydrogen-bond acceptors (Lipinski definition) is 6. The fraction of sp³-hybridized carbons (Fsp3) is 0.143. The predicted molar refractivity (Wildman–Crippen MR) is 112 cm³/mol. The third kappa shape index (κ3) is 3.86. The molecule has 2 aromatic carbocycles. The number of carbonyl (C=O) groups is 2. The van der Waals surface area contributed by atoms with E-state index in [1.165, 1.54) is 7.11 Å². The van der Waals surface area contributed by atoms with Crippen molar-refractivity contribution < 1.29 is 14.3 Å². The van der Waals surface area contributed by atoms with E-state index in [0.717, 1.165) is 0 Å². The molecule has 4 N–H and O–H groups in total. The molecule has 0 saturated carbocycles. The number of carbonyl (C=O) groups excluding carboxylic acids is 2. The number of aromatic amines is 1. The first-order valence-electron chi connectivity index (χ1n) is 9.25. The molecule has 9 heteroatoms. The topological polar surface area (TPSA) is 125 Å². The Balaban J connectivity index is 1.65. The smallest absolute Gasteiger partial charge is 0.258 e. The zero-order valence-corrected chi connectivity index (χ0v) is 16.1. The lowest BCUT2D eigenvalue weighted by Crippen LogP contribution is -2.36. The molecule has 1 aliphatic rings. The highest BCUT2D eigenvalue weighted by atomic mass is 16.5. The van der Waals surface area contributed by atoms with Crippen molar-refractivity contribution in [1.29, 1.82) is 0 Å². The van der Waals surface area contributed by atoms with E-state index in [1.807, 2.05) is 30.3 Å². The van der Waals surface area contributed by atoms with Gasteiger partial charge in [-0.3, -0.25) is 19.4 Å². The summed E-state index contributed by atoms with van der Waals surface area (Å²) >= 11 is 0. The lowest BCUT2D eigenvalue weighted by atomic mass is 9.92. The standard InChI is InChI=1S/C21H19N5O4/c1-30-15-10-6-5-9-14(15)23-19(28)13-11-16(27)24-18-17(13)20(29)26-21(25-18)22-12-7-3-2-4-8-12/h2-10,13H,11H2,1H3,(H,23,28)(H3,22,24,25,26,27,29). The third-order valence-electron chi connectivity index (χ3n) is 4.67. The average Bonchev–Trinajstić information content (AvgIpc) is 2.74. The number of para-hydroxylation sites is 3. The number of ether oxygens (including phenoxy) is 1. The van der Waals surface area contributed by atoms with E-state index in [2.05, 4.69) is 25.9 Å². The molecule has 2 heterocycles. The summed E-state index contributed by atoms with van der Waals surface area (Å²) in [7, 11) is 1.49. The van der Waals surface area contributed by atoms with Crippen molar-refractivity contribution in [3.63, 3.8) is 0 Å². The maximum atomic E-state index is 12.9. The Hall–Kier alpha value is -4.14. The predicted octanol–water partition coefficient (Wildman–Crippen LogP) is 2.59. The van der Waals surface area contributed by atoms with E-state index in [4.69, 9.17) is 4.74 Å². The van der Waals surface area contributed by atoms with E-state index in [0.29, 0.717) is 17.1 Å². The zero-order chi connectivity index (χ0) is 21.1. The first-order valence-corrected chi connectivity index (χ1v) is 9.25. The fourth-order valence-corrected chi connectivity index (χ4v) is 3.28. The van der Waals surface area contributed by atoms with Gasteiger partial charge in [0.15, 0.2) is 0 Å². The molecule has 9 nitrogen and oxygen atoms in total. The molecule has 4 rings (SSSR count). The van der Waals surface area contributed by atoms with Crippen molar-refractivity contribution >= 4 is 35.0 Å². The number of anilines is 4. The molecule has 0 saturated heterocycles. The molecule has 1 aliphatic heterocycles. The van der Waals surface area contributed by atoms with Crippen molar-refractivity contribution in [3.8, 4) is 5.75 Å². The Bertz CT molecular complexity index is 1160. The Labute approximate surface area is 171 Å². The Kier molecular flexibility index (Phi) is 5.17. The van der Waals surface area contributed by atoms with Crippen LogP contribution in [0.3, 0.4) is 0 Å². The van der Waals surface area contributed by atoms with Gasteiger partial charge in [-0.2, -0.15) is 4.98 Å². The Morgan fingerprint density at radius 3 is 2.60 bits per heavy atom. The van der Waals surface area contributed by atoms with Gasteiger partial charge in [0.2, 0.25) is 17.8 Å². The zero-order valence-electron chi connectivity index (χ0n) is 16.1. The largest absolute Gasteiger partial charge is 0.495 e. The van der Waals surface area contributed by atoms with Crippen LogP contribution >= 0.6 is 0 Å². The number of nitrogens with zero attached hydrogens (tertiary/aromatic N) is 1. The van der Waals surface area contributed by atoms with E-state index in [1.54, 1.807) is 24.3 Å². The minimum absolute atomic E-state index is 0.0635. The number of H-pyrrole nitrogens is 1. The molecule has 1 unspecified atom stereocenters. The van der Waals surface area contributed by atoms with Gasteiger partial charge in [0.25, 0.3) is 5.56 Å². The van der Waals surface area contributed by atoms with Gasteiger partial charge < -0.3 is 20.7 Å². The maximum Gasteiger partial charge on any atom is 0.258 e. The summed E-state index contributed by atoms with van der Waals surface area (Å²) < 4.78 is 5.24. The van der Waals surface area contributed by atoms with Crippen LogP contribution in [0, 0.1) is 0 Å². The first kappa shape index (κ1) is 19.2. The van der Waals surface area contributed by atoms with Gasteiger partial charge in [0.05, 0.1) is 24.3 Å². The molecule has 0 radical (unpaired) electrons. The molecular formula is C21H19N5O4. The maximum absolute atomic E-state index is 12.9. The van der Waals surface area contributed by atoms with Gasteiger partial charge in [0.1, 0.15) is 11.6 Å². The number of hydrogen-bond donors (Lipinski definition) is 4. The SMILES string of the molecule is COc1ccccc1NC(=O)C1CC(=O)Nc2nc(Nc3ccccc3)[nH]c(=O)c21. The first-order chi connectivity index (χ1) is 14.5. The van der Waals surface area contributed by atoms with Crippen LogP contribution in [0.25, 0.3) is 0 Å². The lowest BCUT2D eigenvalue weighted by Gasteiger charge is -2.24. The summed E-state index contributed by atoms with van der Waals surface area (Å²) in [4.78, 5) is 44.8. The van der Waals surface area contributed by atoms with Crippen LogP contribution in [0.2, 0.25) is 0 Å². The number of aromatic nitrogens is 2. The van der Waals surface area contributed by atoms with E-state index < -0.39 is 23.3 Å².